The average Bonchev–Trinajstić information content (AvgIpc) is 3.15. The molecule has 0 bridgehead atoms. The summed E-state index contributed by atoms with van der Waals surface area (Å²) in [5, 5.41) is 3.17. The van der Waals surface area contributed by atoms with E-state index in [9.17, 15) is 14.4 Å². The van der Waals surface area contributed by atoms with Gasteiger partial charge in [0.25, 0.3) is 0 Å². The maximum atomic E-state index is 13.7. The summed E-state index contributed by atoms with van der Waals surface area (Å²) >= 11 is 0. The number of amides is 1. The molecule has 3 N–H and O–H groups in total. The van der Waals surface area contributed by atoms with Gasteiger partial charge in [-0.15, -0.1) is 0 Å². The van der Waals surface area contributed by atoms with E-state index >= 15 is 0 Å². The van der Waals surface area contributed by atoms with Crippen LogP contribution in [0.25, 0.3) is 0 Å². The number of carbonyl (C=O) groups excluding carboxylic acids is 3. The van der Waals surface area contributed by atoms with E-state index in [2.05, 4.69) is 10.2 Å². The van der Waals surface area contributed by atoms with Gasteiger partial charge in [-0.1, -0.05) is 0 Å². The molecule has 4 aliphatic heterocycles. The number of hydrogen-bond acceptors (Lipinski definition) is 9. The van der Waals surface area contributed by atoms with Crippen LogP contribution in [0.4, 0.5) is 4.79 Å². The number of hydrogen-bond donors (Lipinski definition) is 2. The van der Waals surface area contributed by atoms with E-state index in [1.54, 1.807) is 14.0 Å². The number of nitrogens with one attached hydrogen (secondary N) is 1. The first-order valence-electron chi connectivity index (χ1n) is 10.7. The Hall–Kier alpha value is -2.43. The second-order valence-electron chi connectivity index (χ2n) is 8.86. The summed E-state index contributed by atoms with van der Waals surface area (Å²) in [5.74, 6) is -1.07. The van der Waals surface area contributed by atoms with E-state index in [4.69, 9.17) is 19.9 Å². The van der Waals surface area contributed by atoms with Gasteiger partial charge in [0.05, 0.1) is 29.5 Å². The number of likely N-dealkylation sites (N-methyl/N-ethyl adjacent to an activating group) is 1. The molecule has 0 radical (unpaired) electrons. The smallest absolute Gasteiger partial charge is 0.404 e. The Morgan fingerprint density at radius 2 is 2.13 bits per heavy atom. The number of piperazine rings is 1. The largest absolute Gasteiger partial charge is 0.449 e. The third-order valence-electron chi connectivity index (χ3n) is 7.48. The molecule has 0 aromatic rings. The van der Waals surface area contributed by atoms with Crippen molar-refractivity contribution >= 4 is 17.7 Å². The SMILES string of the molecule is COC12C(COC(N)=O)C3=C(C(=O)C(C)=C(NCC4CCCO4)C3=O)N1CC1C2N1C. The molecule has 0 aromatic heterocycles. The van der Waals surface area contributed by atoms with Gasteiger partial charge in [0, 0.05) is 44.0 Å². The van der Waals surface area contributed by atoms with Crippen molar-refractivity contribution in [2.45, 2.75) is 43.7 Å². The number of nitrogens with two attached hydrogens (primary N) is 1. The first-order chi connectivity index (χ1) is 14.8. The Labute approximate surface area is 180 Å². The molecule has 1 amide bonds. The summed E-state index contributed by atoms with van der Waals surface area (Å²) in [6.07, 6.45) is 0.995. The quantitative estimate of drug-likeness (QED) is 0.422. The fourth-order valence-corrected chi connectivity index (χ4v) is 5.95. The molecular weight excluding hydrogens is 404 g/mol. The van der Waals surface area contributed by atoms with Crippen molar-refractivity contribution < 1.29 is 28.6 Å². The zero-order valence-electron chi connectivity index (χ0n) is 18.0. The van der Waals surface area contributed by atoms with Gasteiger partial charge in [-0.3, -0.25) is 14.5 Å². The number of rotatable bonds is 6. The highest BCUT2D eigenvalue weighted by atomic mass is 16.6. The lowest BCUT2D eigenvalue weighted by Gasteiger charge is -2.40. The maximum absolute atomic E-state index is 13.7. The molecule has 5 rings (SSSR count). The van der Waals surface area contributed by atoms with Gasteiger partial charge in [0.2, 0.25) is 11.6 Å². The van der Waals surface area contributed by atoms with Gasteiger partial charge in [0.15, 0.2) is 5.72 Å². The topological polar surface area (TPSA) is 123 Å². The molecule has 10 nitrogen and oxygen atoms in total. The number of carbonyl (C=O) groups is 3. The van der Waals surface area contributed by atoms with Gasteiger partial charge in [-0.25, -0.2) is 4.79 Å². The first-order valence-corrected chi connectivity index (χ1v) is 10.7. The van der Waals surface area contributed by atoms with Crippen molar-refractivity contribution in [1.29, 1.82) is 0 Å². The van der Waals surface area contributed by atoms with E-state index in [-0.39, 0.29) is 42.1 Å². The number of nitrogens with zero attached hydrogens (tertiary/aromatic N) is 2. The molecule has 3 fully saturated rings. The number of primary amides is 1. The summed E-state index contributed by atoms with van der Waals surface area (Å²) in [4.78, 5) is 42.6. The predicted octanol–water partition coefficient (Wildman–Crippen LogP) is -0.499. The van der Waals surface area contributed by atoms with Gasteiger partial charge in [-0.2, -0.15) is 0 Å². The third kappa shape index (κ3) is 2.71. The fraction of sp³-hybridized carbons (Fsp3) is 0.667. The van der Waals surface area contributed by atoms with Crippen molar-refractivity contribution in [3.8, 4) is 0 Å². The number of ether oxygens (including phenoxy) is 3. The van der Waals surface area contributed by atoms with Crippen molar-refractivity contribution in [3.05, 3.63) is 22.5 Å². The molecule has 0 saturated carbocycles. The standard InChI is InChI=1S/C21H28N4O6/c1-10-15(23-7-11-5-4-6-30-11)18(27)14-12(9-31-20(22)28)21(29-3)19-13(24(19)2)8-25(21)16(14)17(10)26/h11-13,19,23H,4-9H2,1-3H3,(H2,22,28). The van der Waals surface area contributed by atoms with Crippen LogP contribution in [0.3, 0.4) is 0 Å². The summed E-state index contributed by atoms with van der Waals surface area (Å²) in [6.45, 7) is 3.29. The molecule has 3 saturated heterocycles. The van der Waals surface area contributed by atoms with Gasteiger partial charge in [0.1, 0.15) is 6.61 Å². The lowest BCUT2D eigenvalue weighted by atomic mass is 9.82. The van der Waals surface area contributed by atoms with Crippen molar-refractivity contribution in [2.24, 2.45) is 11.7 Å². The molecule has 4 heterocycles. The van der Waals surface area contributed by atoms with E-state index in [0.29, 0.717) is 36.5 Å². The molecule has 31 heavy (non-hydrogen) atoms. The van der Waals surface area contributed by atoms with Crippen LogP contribution < -0.4 is 11.1 Å². The van der Waals surface area contributed by atoms with Crippen LogP contribution >= 0.6 is 0 Å². The molecule has 10 heteroatoms. The zero-order valence-corrected chi connectivity index (χ0v) is 18.0. The number of Topliss-reactive ketones (excluding diaryl/α,β-unsaturated/α-hetero) is 2. The van der Waals surface area contributed by atoms with Crippen LogP contribution in [0.1, 0.15) is 19.8 Å². The summed E-state index contributed by atoms with van der Waals surface area (Å²) in [6, 6.07) is 0.213. The van der Waals surface area contributed by atoms with Crippen LogP contribution in [-0.4, -0.2) is 91.8 Å². The summed E-state index contributed by atoms with van der Waals surface area (Å²) < 4.78 is 16.8. The minimum Gasteiger partial charge on any atom is -0.449 e. The number of methoxy groups -OCH3 is 1. The number of ketones is 2. The van der Waals surface area contributed by atoms with Crippen molar-refractivity contribution in [2.75, 3.05) is 40.5 Å². The van der Waals surface area contributed by atoms with Crippen LogP contribution in [0, 0.1) is 5.92 Å². The Kier molecular flexibility index (Phi) is 4.65. The van der Waals surface area contributed by atoms with Crippen LogP contribution in [0.15, 0.2) is 22.5 Å². The molecule has 0 aromatic carbocycles. The summed E-state index contributed by atoms with van der Waals surface area (Å²) in [7, 11) is 3.56. The average molecular weight is 432 g/mol. The second kappa shape index (κ2) is 7.04. The normalized spacial score (nSPS) is 38.4. The van der Waals surface area contributed by atoms with Gasteiger partial charge >= 0.3 is 6.09 Å². The van der Waals surface area contributed by atoms with Crippen LogP contribution in [0.2, 0.25) is 0 Å². The lowest BCUT2D eigenvalue weighted by molar-refractivity contribution is -0.144. The maximum Gasteiger partial charge on any atom is 0.404 e. The monoisotopic (exact) mass is 432 g/mol. The number of fused-ring (bicyclic) bond motifs is 4. The molecule has 1 aliphatic carbocycles. The molecule has 6 unspecified atom stereocenters. The number of allylic oxidation sites excluding steroid dienone is 2. The molecular formula is C21H28N4O6. The highest BCUT2D eigenvalue weighted by molar-refractivity contribution is 6.25. The minimum atomic E-state index is -0.949. The predicted molar refractivity (Wildman–Crippen MR) is 108 cm³/mol. The van der Waals surface area contributed by atoms with Gasteiger partial charge in [-0.05, 0) is 26.8 Å². The van der Waals surface area contributed by atoms with Crippen LogP contribution in [0.5, 0.6) is 0 Å². The van der Waals surface area contributed by atoms with Crippen molar-refractivity contribution in [3.63, 3.8) is 0 Å². The molecule has 168 valence electrons. The van der Waals surface area contributed by atoms with Crippen LogP contribution in [-0.2, 0) is 23.8 Å². The molecule has 5 aliphatic rings. The Morgan fingerprint density at radius 1 is 1.35 bits per heavy atom. The fourth-order valence-electron chi connectivity index (χ4n) is 5.95. The van der Waals surface area contributed by atoms with E-state index in [1.165, 1.54) is 0 Å². The second-order valence-corrected chi connectivity index (χ2v) is 8.86. The lowest BCUT2D eigenvalue weighted by Crippen LogP contribution is -2.55. The Morgan fingerprint density at radius 3 is 2.77 bits per heavy atom. The van der Waals surface area contributed by atoms with E-state index in [1.807, 2.05) is 11.9 Å². The van der Waals surface area contributed by atoms with E-state index in [0.717, 1.165) is 12.8 Å². The van der Waals surface area contributed by atoms with E-state index < -0.39 is 17.7 Å². The zero-order chi connectivity index (χ0) is 22.1. The summed E-state index contributed by atoms with van der Waals surface area (Å²) in [5.41, 5.74) is 5.66. The first kappa shape index (κ1) is 20.5. The Balaban J connectivity index is 1.51. The van der Waals surface area contributed by atoms with Crippen molar-refractivity contribution in [1.82, 2.24) is 15.1 Å². The Bertz CT molecular complexity index is 923. The molecule has 6 atom stereocenters. The van der Waals surface area contributed by atoms with Gasteiger partial charge < -0.3 is 30.2 Å². The minimum absolute atomic E-state index is 0.00576. The molecule has 0 spiro atoms. The third-order valence-corrected chi connectivity index (χ3v) is 7.48. The highest BCUT2D eigenvalue weighted by Crippen LogP contribution is 2.59. The highest BCUT2D eigenvalue weighted by Gasteiger charge is 2.75.